The molecule has 1 saturated heterocycles. The highest BCUT2D eigenvalue weighted by atomic mass is 32.2. The van der Waals surface area contributed by atoms with E-state index in [0.717, 1.165) is 26.2 Å². The minimum Gasteiger partial charge on any atom is -0.484 e. The molecular weight excluding hydrogens is 340 g/mol. The molecule has 0 spiro atoms. The minimum absolute atomic E-state index is 0.0921. The maximum atomic E-state index is 5.51. The van der Waals surface area contributed by atoms with Crippen molar-refractivity contribution in [3.63, 3.8) is 0 Å². The van der Waals surface area contributed by atoms with Gasteiger partial charge >= 0.3 is 0 Å². The Kier molecular flexibility index (Phi) is 6.28. The predicted octanol–water partition coefficient (Wildman–Crippen LogP) is 5.08. The molecule has 4 heteroatoms. The van der Waals surface area contributed by atoms with Gasteiger partial charge in [-0.15, -0.1) is 0 Å². The second kappa shape index (κ2) is 8.65. The van der Waals surface area contributed by atoms with Crippen LogP contribution in [0.5, 0.6) is 0 Å². The van der Waals surface area contributed by atoms with Crippen molar-refractivity contribution < 1.29 is 4.74 Å². The molecule has 0 amide bonds. The number of piperazine rings is 1. The van der Waals surface area contributed by atoms with Gasteiger partial charge in [0.05, 0.1) is 11.9 Å². The van der Waals surface area contributed by atoms with Gasteiger partial charge in [0.25, 0.3) is 0 Å². The van der Waals surface area contributed by atoms with Gasteiger partial charge in [-0.05, 0) is 44.5 Å². The van der Waals surface area contributed by atoms with Crippen LogP contribution in [0.2, 0.25) is 0 Å². The first-order chi connectivity index (χ1) is 12.6. The molecule has 0 aromatic heterocycles. The Labute approximate surface area is 161 Å². The van der Waals surface area contributed by atoms with E-state index in [4.69, 9.17) is 4.74 Å². The Morgan fingerprint density at radius 1 is 1.04 bits per heavy atom. The van der Waals surface area contributed by atoms with E-state index in [1.54, 1.807) is 0 Å². The summed E-state index contributed by atoms with van der Waals surface area (Å²) in [6.07, 6.45) is 1.63. The lowest BCUT2D eigenvalue weighted by molar-refractivity contribution is 0.00280. The van der Waals surface area contributed by atoms with Crippen molar-refractivity contribution in [1.82, 2.24) is 4.90 Å². The monoisotopic (exact) mass is 368 g/mol. The lowest BCUT2D eigenvalue weighted by atomic mass is 10.2. The van der Waals surface area contributed by atoms with Crippen LogP contribution in [0.4, 0.5) is 5.69 Å². The summed E-state index contributed by atoms with van der Waals surface area (Å²) in [6.45, 7) is 14.1. The summed E-state index contributed by atoms with van der Waals surface area (Å²) in [7, 11) is 0. The maximum absolute atomic E-state index is 5.51. The zero-order valence-electron chi connectivity index (χ0n) is 15.9. The second-order valence-corrected chi connectivity index (χ2v) is 7.85. The molecule has 2 aromatic carbocycles. The van der Waals surface area contributed by atoms with Crippen molar-refractivity contribution in [1.29, 1.82) is 0 Å². The Morgan fingerprint density at radius 3 is 2.46 bits per heavy atom. The largest absolute Gasteiger partial charge is 0.484 e. The second-order valence-electron chi connectivity index (χ2n) is 6.76. The van der Waals surface area contributed by atoms with Gasteiger partial charge in [-0.1, -0.05) is 48.2 Å². The third kappa shape index (κ3) is 4.43. The molecule has 0 radical (unpaired) electrons. The van der Waals surface area contributed by atoms with Crippen molar-refractivity contribution in [2.45, 2.75) is 36.8 Å². The molecule has 0 N–H and O–H groups in total. The van der Waals surface area contributed by atoms with Gasteiger partial charge < -0.3 is 9.64 Å². The fourth-order valence-electron chi connectivity index (χ4n) is 3.39. The molecule has 1 aliphatic rings. The molecule has 1 aliphatic heterocycles. The molecule has 0 bridgehead atoms. The van der Waals surface area contributed by atoms with Crippen LogP contribution in [0.3, 0.4) is 0 Å². The van der Waals surface area contributed by atoms with Crippen LogP contribution in [0, 0.1) is 13.8 Å². The quantitative estimate of drug-likeness (QED) is 0.660. The van der Waals surface area contributed by atoms with E-state index in [-0.39, 0.29) is 6.23 Å². The summed E-state index contributed by atoms with van der Waals surface area (Å²) in [5.41, 5.74) is 3.98. The topological polar surface area (TPSA) is 15.7 Å². The molecule has 3 rings (SSSR count). The normalized spacial score (nSPS) is 16.3. The summed E-state index contributed by atoms with van der Waals surface area (Å²) >= 11 is 1.87. The number of benzene rings is 2. The molecule has 0 saturated carbocycles. The van der Waals surface area contributed by atoms with E-state index >= 15 is 0 Å². The summed E-state index contributed by atoms with van der Waals surface area (Å²) < 4.78 is 5.51. The number of ether oxygens (including phenoxy) is 1. The van der Waals surface area contributed by atoms with Gasteiger partial charge in [-0.25, -0.2) is 0 Å². The van der Waals surface area contributed by atoms with Crippen LogP contribution >= 0.6 is 11.8 Å². The Hall–Kier alpha value is -1.91. The number of para-hydroxylation sites is 1. The average Bonchev–Trinajstić information content (AvgIpc) is 2.65. The third-order valence-electron chi connectivity index (χ3n) is 4.88. The fraction of sp³-hybridized carbons (Fsp3) is 0.364. The van der Waals surface area contributed by atoms with Gasteiger partial charge in [0.1, 0.15) is 6.23 Å². The first-order valence-corrected chi connectivity index (χ1v) is 9.99. The molecular formula is C22H28N2OS. The molecule has 0 aliphatic carbocycles. The Bertz CT molecular complexity index is 754. The summed E-state index contributed by atoms with van der Waals surface area (Å²) in [5.74, 6) is 0. The van der Waals surface area contributed by atoms with Crippen LogP contribution < -0.4 is 4.90 Å². The number of hydrogen-bond acceptors (Lipinski definition) is 4. The first kappa shape index (κ1) is 18.9. The summed E-state index contributed by atoms with van der Waals surface area (Å²) in [6, 6.07) is 15.4. The predicted molar refractivity (Wildman–Crippen MR) is 111 cm³/mol. The number of anilines is 1. The summed E-state index contributed by atoms with van der Waals surface area (Å²) in [5, 5.41) is 0. The highest BCUT2D eigenvalue weighted by Crippen LogP contribution is 2.37. The van der Waals surface area contributed by atoms with Crippen LogP contribution in [-0.4, -0.2) is 37.3 Å². The highest BCUT2D eigenvalue weighted by molar-refractivity contribution is 7.99. The zero-order chi connectivity index (χ0) is 18.5. The maximum Gasteiger partial charge on any atom is 0.149 e. The van der Waals surface area contributed by atoms with Gasteiger partial charge in [0.15, 0.2) is 0 Å². The minimum atomic E-state index is 0.0921. The number of aryl methyl sites for hydroxylation is 2. The zero-order valence-corrected chi connectivity index (χ0v) is 16.8. The molecule has 1 fully saturated rings. The molecule has 3 nitrogen and oxygen atoms in total. The standard InChI is InChI=1S/C22H28N2OS/c1-5-25-19(4)23-12-14-24(15-13-23)20-8-6-7-9-22(20)26-21-11-10-17(2)16-18(21)3/h5-11,16,19H,1,12-15H2,2-4H3/t19-/m1/s1. The van der Waals surface area contributed by atoms with Gasteiger partial charge in [0.2, 0.25) is 0 Å². The SMILES string of the molecule is C=CO[C@H](C)N1CCN(c2ccccc2Sc2ccc(C)cc2C)CC1. The molecule has 138 valence electrons. The molecule has 0 unspecified atom stereocenters. The fourth-order valence-corrected chi connectivity index (χ4v) is 4.43. The van der Waals surface area contributed by atoms with Crippen molar-refractivity contribution in [2.75, 3.05) is 31.1 Å². The van der Waals surface area contributed by atoms with E-state index in [9.17, 15) is 0 Å². The average molecular weight is 369 g/mol. The van der Waals surface area contributed by atoms with E-state index < -0.39 is 0 Å². The van der Waals surface area contributed by atoms with Crippen LogP contribution in [0.1, 0.15) is 18.1 Å². The molecule has 2 aromatic rings. The van der Waals surface area contributed by atoms with E-state index in [0.29, 0.717) is 0 Å². The number of hydrogen-bond donors (Lipinski definition) is 0. The van der Waals surface area contributed by atoms with Gasteiger partial charge in [-0.3, -0.25) is 4.90 Å². The van der Waals surface area contributed by atoms with Crippen LogP contribution in [0.25, 0.3) is 0 Å². The molecule has 1 atom stereocenters. The van der Waals surface area contributed by atoms with Crippen LogP contribution in [-0.2, 0) is 4.74 Å². The third-order valence-corrected chi connectivity index (χ3v) is 6.12. The molecule has 26 heavy (non-hydrogen) atoms. The van der Waals surface area contributed by atoms with Crippen molar-refractivity contribution >= 4 is 17.4 Å². The van der Waals surface area contributed by atoms with E-state index in [2.05, 4.69) is 79.6 Å². The van der Waals surface area contributed by atoms with Crippen molar-refractivity contribution in [2.24, 2.45) is 0 Å². The lowest BCUT2D eigenvalue weighted by Gasteiger charge is -2.39. The van der Waals surface area contributed by atoms with E-state index in [1.165, 1.54) is 32.9 Å². The van der Waals surface area contributed by atoms with Crippen molar-refractivity contribution in [3.05, 3.63) is 66.4 Å². The van der Waals surface area contributed by atoms with Crippen LogP contribution in [0.15, 0.2) is 65.1 Å². The number of nitrogens with zero attached hydrogens (tertiary/aromatic N) is 2. The van der Waals surface area contributed by atoms with Crippen molar-refractivity contribution in [3.8, 4) is 0 Å². The molecule has 1 heterocycles. The Morgan fingerprint density at radius 2 is 1.77 bits per heavy atom. The van der Waals surface area contributed by atoms with Gasteiger partial charge in [0, 0.05) is 36.0 Å². The Balaban J connectivity index is 1.73. The lowest BCUT2D eigenvalue weighted by Crippen LogP contribution is -2.50. The number of rotatable bonds is 6. The first-order valence-electron chi connectivity index (χ1n) is 9.18. The highest BCUT2D eigenvalue weighted by Gasteiger charge is 2.23. The summed E-state index contributed by atoms with van der Waals surface area (Å²) in [4.78, 5) is 7.50. The smallest absolute Gasteiger partial charge is 0.149 e. The van der Waals surface area contributed by atoms with Gasteiger partial charge in [-0.2, -0.15) is 0 Å². The van der Waals surface area contributed by atoms with E-state index in [1.807, 2.05) is 11.8 Å².